The fourth-order valence-corrected chi connectivity index (χ4v) is 2.19. The van der Waals surface area contributed by atoms with Crippen LogP contribution in [0.1, 0.15) is 19.3 Å². The van der Waals surface area contributed by atoms with Gasteiger partial charge in [0.2, 0.25) is 5.91 Å². The van der Waals surface area contributed by atoms with Crippen LogP contribution in [0.3, 0.4) is 0 Å². The first-order valence-corrected chi connectivity index (χ1v) is 5.26. The molecule has 0 aliphatic heterocycles. The second kappa shape index (κ2) is 5.32. The summed E-state index contributed by atoms with van der Waals surface area (Å²) in [5.74, 6) is 0.590. The van der Waals surface area contributed by atoms with Gasteiger partial charge in [0.25, 0.3) is 0 Å². The van der Waals surface area contributed by atoms with Crippen LogP contribution in [0.4, 0.5) is 0 Å². The molecule has 3 N–H and O–H groups in total. The quantitative estimate of drug-likeness (QED) is 0.661. The van der Waals surface area contributed by atoms with Gasteiger partial charge in [-0.25, -0.2) is 0 Å². The zero-order valence-electron chi connectivity index (χ0n) is 8.78. The van der Waals surface area contributed by atoms with Crippen LogP contribution in [-0.4, -0.2) is 42.7 Å². The maximum Gasteiger partial charge on any atom is 0.225 e. The van der Waals surface area contributed by atoms with Crippen molar-refractivity contribution >= 4 is 5.91 Å². The van der Waals surface area contributed by atoms with Crippen LogP contribution in [0.25, 0.3) is 0 Å². The third kappa shape index (κ3) is 2.45. The molecule has 1 fully saturated rings. The van der Waals surface area contributed by atoms with E-state index < -0.39 is 0 Å². The maximum atomic E-state index is 11.9. The molecule has 4 nitrogen and oxygen atoms in total. The molecule has 0 aromatic heterocycles. The molecule has 1 rings (SSSR count). The lowest BCUT2D eigenvalue weighted by Crippen LogP contribution is -2.37. The number of nitrogens with zero attached hydrogens (tertiary/aromatic N) is 1. The lowest BCUT2D eigenvalue weighted by Gasteiger charge is -2.23. The number of likely N-dealkylation sites (N-methyl/N-ethyl adjacent to an activating group) is 1. The van der Waals surface area contributed by atoms with Crippen LogP contribution < -0.4 is 5.73 Å². The van der Waals surface area contributed by atoms with E-state index in [0.29, 0.717) is 19.0 Å². The zero-order valence-corrected chi connectivity index (χ0v) is 8.78. The monoisotopic (exact) mass is 200 g/mol. The van der Waals surface area contributed by atoms with Crippen molar-refractivity contribution in [3.05, 3.63) is 0 Å². The fraction of sp³-hybridized carbons (Fsp3) is 0.900. The van der Waals surface area contributed by atoms with Gasteiger partial charge in [-0.05, 0) is 25.3 Å². The van der Waals surface area contributed by atoms with Crippen molar-refractivity contribution in [3.8, 4) is 0 Å². The summed E-state index contributed by atoms with van der Waals surface area (Å²) in [6.45, 7) is 1.05. The Balaban J connectivity index is 2.50. The molecule has 0 spiro atoms. The first-order chi connectivity index (χ1) is 6.70. The number of amides is 1. The molecule has 2 unspecified atom stereocenters. The van der Waals surface area contributed by atoms with E-state index in [-0.39, 0.29) is 18.4 Å². The van der Waals surface area contributed by atoms with Crippen LogP contribution in [0.5, 0.6) is 0 Å². The van der Waals surface area contributed by atoms with Gasteiger partial charge >= 0.3 is 0 Å². The SMILES string of the molecule is CN(CCO)C(=O)C1CCCC1CN. The minimum absolute atomic E-state index is 0.0300. The van der Waals surface area contributed by atoms with E-state index in [1.165, 1.54) is 0 Å². The Morgan fingerprint density at radius 2 is 2.29 bits per heavy atom. The van der Waals surface area contributed by atoms with Gasteiger partial charge in [-0.2, -0.15) is 0 Å². The number of carbonyl (C=O) groups excluding carboxylic acids is 1. The van der Waals surface area contributed by atoms with Crippen molar-refractivity contribution in [2.24, 2.45) is 17.6 Å². The summed E-state index contributed by atoms with van der Waals surface area (Å²) in [6.07, 6.45) is 3.13. The van der Waals surface area contributed by atoms with E-state index in [2.05, 4.69) is 0 Å². The highest BCUT2D eigenvalue weighted by atomic mass is 16.3. The zero-order chi connectivity index (χ0) is 10.6. The molecule has 0 saturated heterocycles. The molecule has 1 aliphatic rings. The minimum atomic E-state index is 0.0300. The highest BCUT2D eigenvalue weighted by molar-refractivity contribution is 5.79. The van der Waals surface area contributed by atoms with Crippen molar-refractivity contribution in [2.45, 2.75) is 19.3 Å². The van der Waals surface area contributed by atoms with Crippen LogP contribution in [0.15, 0.2) is 0 Å². The minimum Gasteiger partial charge on any atom is -0.395 e. The van der Waals surface area contributed by atoms with Gasteiger partial charge in [-0.3, -0.25) is 4.79 Å². The topological polar surface area (TPSA) is 66.6 Å². The van der Waals surface area contributed by atoms with Crippen molar-refractivity contribution in [1.29, 1.82) is 0 Å². The van der Waals surface area contributed by atoms with Crippen molar-refractivity contribution < 1.29 is 9.90 Å². The number of aliphatic hydroxyl groups excluding tert-OH is 1. The summed E-state index contributed by atoms with van der Waals surface area (Å²) in [4.78, 5) is 13.5. The molecule has 0 radical (unpaired) electrons. The Kier molecular flexibility index (Phi) is 4.35. The predicted octanol–water partition coefficient (Wildman–Crippen LogP) is -0.188. The van der Waals surface area contributed by atoms with Gasteiger partial charge in [-0.15, -0.1) is 0 Å². The Morgan fingerprint density at radius 3 is 2.86 bits per heavy atom. The van der Waals surface area contributed by atoms with Gasteiger partial charge in [0.1, 0.15) is 0 Å². The Labute approximate surface area is 85.1 Å². The molecular formula is C10H20N2O2. The van der Waals surface area contributed by atoms with Crippen LogP contribution >= 0.6 is 0 Å². The molecule has 0 aromatic rings. The van der Waals surface area contributed by atoms with E-state index in [9.17, 15) is 4.79 Å². The number of nitrogens with two attached hydrogens (primary N) is 1. The molecule has 4 heteroatoms. The number of carbonyl (C=O) groups is 1. The van der Waals surface area contributed by atoms with E-state index in [4.69, 9.17) is 10.8 Å². The molecule has 0 heterocycles. The van der Waals surface area contributed by atoms with Crippen LogP contribution in [0, 0.1) is 11.8 Å². The predicted molar refractivity (Wildman–Crippen MR) is 54.6 cm³/mol. The second-order valence-corrected chi connectivity index (χ2v) is 4.02. The van der Waals surface area contributed by atoms with Crippen molar-refractivity contribution in [1.82, 2.24) is 4.90 Å². The van der Waals surface area contributed by atoms with E-state index in [0.717, 1.165) is 19.3 Å². The number of aliphatic hydroxyl groups is 1. The van der Waals surface area contributed by atoms with Crippen LogP contribution in [-0.2, 0) is 4.79 Å². The molecule has 0 bridgehead atoms. The second-order valence-electron chi connectivity index (χ2n) is 4.02. The molecule has 0 aromatic carbocycles. The van der Waals surface area contributed by atoms with Crippen LogP contribution in [0.2, 0.25) is 0 Å². The Bertz CT molecular complexity index is 197. The number of rotatable bonds is 4. The molecule has 14 heavy (non-hydrogen) atoms. The number of hydrogen-bond donors (Lipinski definition) is 2. The Hall–Kier alpha value is -0.610. The van der Waals surface area contributed by atoms with Gasteiger partial charge in [0.15, 0.2) is 0 Å². The summed E-state index contributed by atoms with van der Waals surface area (Å²) >= 11 is 0. The summed E-state index contributed by atoms with van der Waals surface area (Å²) in [6, 6.07) is 0. The normalized spacial score (nSPS) is 26.5. The lowest BCUT2D eigenvalue weighted by atomic mass is 9.95. The van der Waals surface area contributed by atoms with Crippen molar-refractivity contribution in [2.75, 3.05) is 26.7 Å². The third-order valence-electron chi connectivity index (χ3n) is 3.09. The van der Waals surface area contributed by atoms with Crippen molar-refractivity contribution in [3.63, 3.8) is 0 Å². The number of hydrogen-bond acceptors (Lipinski definition) is 3. The van der Waals surface area contributed by atoms with Gasteiger partial charge in [0.05, 0.1) is 6.61 Å². The lowest BCUT2D eigenvalue weighted by molar-refractivity contribution is -0.135. The standard InChI is InChI=1S/C10H20N2O2/c1-12(5-6-13)10(14)9-4-2-3-8(9)7-11/h8-9,13H,2-7,11H2,1H3. The summed E-state index contributed by atoms with van der Waals surface area (Å²) in [5, 5.41) is 8.73. The maximum absolute atomic E-state index is 11.9. The van der Waals surface area contributed by atoms with Gasteiger partial charge in [0, 0.05) is 19.5 Å². The highest BCUT2D eigenvalue weighted by Crippen LogP contribution is 2.31. The van der Waals surface area contributed by atoms with E-state index in [1.807, 2.05) is 0 Å². The average Bonchev–Trinajstić information content (AvgIpc) is 2.64. The summed E-state index contributed by atoms with van der Waals surface area (Å²) < 4.78 is 0. The van der Waals surface area contributed by atoms with E-state index >= 15 is 0 Å². The smallest absolute Gasteiger partial charge is 0.225 e. The summed E-state index contributed by atoms with van der Waals surface area (Å²) in [5.41, 5.74) is 5.62. The molecular weight excluding hydrogens is 180 g/mol. The first-order valence-electron chi connectivity index (χ1n) is 5.26. The largest absolute Gasteiger partial charge is 0.395 e. The summed E-state index contributed by atoms with van der Waals surface area (Å²) in [7, 11) is 1.74. The van der Waals surface area contributed by atoms with Gasteiger partial charge < -0.3 is 15.7 Å². The highest BCUT2D eigenvalue weighted by Gasteiger charge is 2.33. The molecule has 1 aliphatic carbocycles. The molecule has 1 amide bonds. The van der Waals surface area contributed by atoms with Gasteiger partial charge in [-0.1, -0.05) is 6.42 Å². The first kappa shape index (κ1) is 11.5. The van der Waals surface area contributed by atoms with E-state index in [1.54, 1.807) is 11.9 Å². The fourth-order valence-electron chi connectivity index (χ4n) is 2.19. The third-order valence-corrected chi connectivity index (χ3v) is 3.09. The molecule has 2 atom stereocenters. The Morgan fingerprint density at radius 1 is 1.57 bits per heavy atom. The molecule has 82 valence electrons. The average molecular weight is 200 g/mol. The molecule has 1 saturated carbocycles.